The van der Waals surface area contributed by atoms with Crippen molar-refractivity contribution in [1.29, 1.82) is 0 Å². The van der Waals surface area contributed by atoms with Gasteiger partial charge in [0.25, 0.3) is 0 Å². The molecular weight excluding hydrogens is 272 g/mol. The molecule has 0 radical (unpaired) electrons. The SMILES string of the molecule is Cc1ccnc(Cc2cncc(CCc3ccncc3)n2)c1. The average Bonchev–Trinajstić information content (AvgIpc) is 2.54. The summed E-state index contributed by atoms with van der Waals surface area (Å²) >= 11 is 0. The maximum atomic E-state index is 4.69. The zero-order chi connectivity index (χ0) is 15.2. The summed E-state index contributed by atoms with van der Waals surface area (Å²) in [6.07, 6.45) is 11.7. The Morgan fingerprint density at radius 2 is 1.64 bits per heavy atom. The van der Waals surface area contributed by atoms with Gasteiger partial charge in [0.05, 0.1) is 11.4 Å². The molecule has 0 spiro atoms. The van der Waals surface area contributed by atoms with Gasteiger partial charge in [-0.3, -0.25) is 19.9 Å². The summed E-state index contributed by atoms with van der Waals surface area (Å²) in [5, 5.41) is 0. The molecule has 0 unspecified atom stereocenters. The van der Waals surface area contributed by atoms with Crippen molar-refractivity contribution in [2.24, 2.45) is 0 Å². The smallest absolute Gasteiger partial charge is 0.0649 e. The highest BCUT2D eigenvalue weighted by atomic mass is 14.8. The lowest BCUT2D eigenvalue weighted by molar-refractivity contribution is 0.865. The molecule has 22 heavy (non-hydrogen) atoms. The first-order valence-corrected chi connectivity index (χ1v) is 7.40. The van der Waals surface area contributed by atoms with Gasteiger partial charge in [0.1, 0.15) is 0 Å². The van der Waals surface area contributed by atoms with Gasteiger partial charge in [-0.1, -0.05) is 0 Å². The molecule has 4 nitrogen and oxygen atoms in total. The van der Waals surface area contributed by atoms with E-state index in [0.717, 1.165) is 36.3 Å². The number of hydrogen-bond donors (Lipinski definition) is 0. The summed E-state index contributed by atoms with van der Waals surface area (Å²) in [6.45, 7) is 2.07. The van der Waals surface area contributed by atoms with Crippen molar-refractivity contribution >= 4 is 0 Å². The van der Waals surface area contributed by atoms with Crippen molar-refractivity contribution in [2.45, 2.75) is 26.2 Å². The molecule has 3 aromatic heterocycles. The second kappa shape index (κ2) is 6.89. The fourth-order valence-electron chi connectivity index (χ4n) is 2.36. The molecule has 0 aliphatic carbocycles. The number of hydrogen-bond acceptors (Lipinski definition) is 4. The van der Waals surface area contributed by atoms with Crippen molar-refractivity contribution in [3.8, 4) is 0 Å². The van der Waals surface area contributed by atoms with E-state index in [0.29, 0.717) is 0 Å². The molecule has 4 heteroatoms. The Labute approximate surface area is 130 Å². The van der Waals surface area contributed by atoms with Crippen LogP contribution in [0.5, 0.6) is 0 Å². The van der Waals surface area contributed by atoms with E-state index < -0.39 is 0 Å². The minimum Gasteiger partial charge on any atom is -0.265 e. The van der Waals surface area contributed by atoms with Gasteiger partial charge >= 0.3 is 0 Å². The van der Waals surface area contributed by atoms with Crippen LogP contribution in [-0.2, 0) is 19.3 Å². The van der Waals surface area contributed by atoms with Crippen molar-refractivity contribution < 1.29 is 0 Å². The average molecular weight is 290 g/mol. The van der Waals surface area contributed by atoms with Crippen LogP contribution in [0.2, 0.25) is 0 Å². The third-order valence-electron chi connectivity index (χ3n) is 3.49. The molecule has 0 bridgehead atoms. The fraction of sp³-hybridized carbons (Fsp3) is 0.222. The van der Waals surface area contributed by atoms with Crippen LogP contribution >= 0.6 is 0 Å². The summed E-state index contributed by atoms with van der Waals surface area (Å²) in [5.74, 6) is 0. The lowest BCUT2D eigenvalue weighted by Crippen LogP contribution is -2.01. The number of rotatable bonds is 5. The highest BCUT2D eigenvalue weighted by Gasteiger charge is 2.03. The Balaban J connectivity index is 1.67. The van der Waals surface area contributed by atoms with E-state index in [4.69, 9.17) is 4.98 Å². The van der Waals surface area contributed by atoms with Crippen molar-refractivity contribution in [1.82, 2.24) is 19.9 Å². The predicted molar refractivity (Wildman–Crippen MR) is 85.5 cm³/mol. The maximum Gasteiger partial charge on any atom is 0.0649 e. The Hall–Kier alpha value is -2.62. The highest BCUT2D eigenvalue weighted by molar-refractivity contribution is 5.19. The molecule has 3 aromatic rings. The normalized spacial score (nSPS) is 10.6. The molecule has 0 amide bonds. The molecule has 0 N–H and O–H groups in total. The van der Waals surface area contributed by atoms with Crippen LogP contribution in [0.3, 0.4) is 0 Å². The Morgan fingerprint density at radius 1 is 0.818 bits per heavy atom. The molecule has 0 aliphatic rings. The van der Waals surface area contributed by atoms with E-state index in [9.17, 15) is 0 Å². The molecule has 0 saturated heterocycles. The number of aromatic nitrogens is 4. The summed E-state index contributed by atoms with van der Waals surface area (Å²) in [5.41, 5.74) is 5.49. The first-order chi connectivity index (χ1) is 10.8. The largest absolute Gasteiger partial charge is 0.265 e. The van der Waals surface area contributed by atoms with E-state index >= 15 is 0 Å². The zero-order valence-electron chi connectivity index (χ0n) is 12.6. The van der Waals surface area contributed by atoms with Gasteiger partial charge in [-0.25, -0.2) is 0 Å². The number of nitrogens with zero attached hydrogens (tertiary/aromatic N) is 4. The summed E-state index contributed by atoms with van der Waals surface area (Å²) in [4.78, 5) is 17.4. The van der Waals surface area contributed by atoms with Gasteiger partial charge in [-0.15, -0.1) is 0 Å². The molecule has 110 valence electrons. The summed E-state index contributed by atoms with van der Waals surface area (Å²) in [7, 11) is 0. The quantitative estimate of drug-likeness (QED) is 0.725. The van der Waals surface area contributed by atoms with Gasteiger partial charge in [-0.05, 0) is 55.2 Å². The highest BCUT2D eigenvalue weighted by Crippen LogP contribution is 2.08. The van der Waals surface area contributed by atoms with Gasteiger partial charge < -0.3 is 0 Å². The molecule has 3 rings (SSSR count). The first-order valence-electron chi connectivity index (χ1n) is 7.40. The lowest BCUT2D eigenvalue weighted by Gasteiger charge is -2.05. The van der Waals surface area contributed by atoms with Gasteiger partial charge in [0.15, 0.2) is 0 Å². The molecule has 0 aliphatic heterocycles. The van der Waals surface area contributed by atoms with Crippen LogP contribution in [0.4, 0.5) is 0 Å². The minimum absolute atomic E-state index is 0.720. The van der Waals surface area contributed by atoms with Gasteiger partial charge in [0.2, 0.25) is 0 Å². The van der Waals surface area contributed by atoms with Gasteiger partial charge in [-0.2, -0.15) is 0 Å². The van der Waals surface area contributed by atoms with E-state index in [1.54, 1.807) is 0 Å². The zero-order valence-corrected chi connectivity index (χ0v) is 12.6. The molecule has 0 aromatic carbocycles. The van der Waals surface area contributed by atoms with E-state index in [1.165, 1.54) is 11.1 Å². The van der Waals surface area contributed by atoms with Gasteiger partial charge in [0, 0.05) is 43.1 Å². The first kappa shape index (κ1) is 14.3. The van der Waals surface area contributed by atoms with Crippen LogP contribution in [-0.4, -0.2) is 19.9 Å². The lowest BCUT2D eigenvalue weighted by atomic mass is 10.1. The third-order valence-corrected chi connectivity index (χ3v) is 3.49. The van der Waals surface area contributed by atoms with Crippen LogP contribution in [0.15, 0.2) is 55.2 Å². The number of aryl methyl sites for hydroxylation is 3. The second-order valence-corrected chi connectivity index (χ2v) is 5.36. The van der Waals surface area contributed by atoms with Crippen molar-refractivity contribution in [3.05, 3.63) is 83.5 Å². The molecule has 3 heterocycles. The molecular formula is C18H18N4. The van der Waals surface area contributed by atoms with Crippen molar-refractivity contribution in [2.75, 3.05) is 0 Å². The van der Waals surface area contributed by atoms with Crippen LogP contribution in [0.25, 0.3) is 0 Å². The monoisotopic (exact) mass is 290 g/mol. The number of pyridine rings is 2. The summed E-state index contributed by atoms with van der Waals surface area (Å²) in [6, 6.07) is 8.16. The van der Waals surface area contributed by atoms with Crippen LogP contribution in [0.1, 0.15) is 28.2 Å². The second-order valence-electron chi connectivity index (χ2n) is 5.36. The topological polar surface area (TPSA) is 51.6 Å². The molecule has 0 fully saturated rings. The molecule has 0 atom stereocenters. The Morgan fingerprint density at radius 3 is 2.45 bits per heavy atom. The van der Waals surface area contributed by atoms with E-state index in [-0.39, 0.29) is 0 Å². The standard InChI is InChI=1S/C18H18N4/c1-14-4-9-21-17(10-14)11-18-13-20-12-16(22-18)3-2-15-5-7-19-8-6-15/h4-10,12-13H,2-3,11H2,1H3. The Kier molecular flexibility index (Phi) is 4.49. The minimum atomic E-state index is 0.720. The molecule has 0 saturated carbocycles. The van der Waals surface area contributed by atoms with E-state index in [1.807, 2.05) is 49.2 Å². The predicted octanol–water partition coefficient (Wildman–Crippen LogP) is 2.95. The van der Waals surface area contributed by atoms with E-state index in [2.05, 4.69) is 27.9 Å². The van der Waals surface area contributed by atoms with Crippen molar-refractivity contribution in [3.63, 3.8) is 0 Å². The summed E-state index contributed by atoms with van der Waals surface area (Å²) < 4.78 is 0. The van der Waals surface area contributed by atoms with Crippen LogP contribution < -0.4 is 0 Å². The third kappa shape index (κ3) is 3.95. The fourth-order valence-corrected chi connectivity index (χ4v) is 2.36. The Bertz CT molecular complexity index is 741. The maximum absolute atomic E-state index is 4.69. The van der Waals surface area contributed by atoms with Crippen LogP contribution in [0, 0.1) is 6.92 Å².